The van der Waals surface area contributed by atoms with E-state index < -0.39 is 11.7 Å². The van der Waals surface area contributed by atoms with Gasteiger partial charge in [-0.1, -0.05) is 17.3 Å². The number of alkyl halides is 3. The molecule has 1 aliphatic rings. The Hall–Kier alpha value is -2.13. The van der Waals surface area contributed by atoms with Crippen LogP contribution in [0.5, 0.6) is 0 Å². The maximum atomic E-state index is 13.1. The van der Waals surface area contributed by atoms with E-state index in [0.29, 0.717) is 19.6 Å². The molecule has 0 unspecified atom stereocenters. The number of piperazine rings is 1. The van der Waals surface area contributed by atoms with Gasteiger partial charge in [0, 0.05) is 25.7 Å². The molecule has 1 aromatic heterocycles. The Morgan fingerprint density at radius 1 is 1.32 bits per heavy atom. The van der Waals surface area contributed by atoms with Gasteiger partial charge in [-0.3, -0.25) is 4.79 Å². The maximum Gasteiger partial charge on any atom is 0.418 e. The normalized spacial score (nSPS) is 17.9. The zero-order valence-corrected chi connectivity index (χ0v) is 14.1. The summed E-state index contributed by atoms with van der Waals surface area (Å²) in [5.74, 6) is -0.334. The van der Waals surface area contributed by atoms with Gasteiger partial charge in [-0.05, 0) is 19.1 Å². The third-order valence-electron chi connectivity index (χ3n) is 3.93. The molecule has 1 fully saturated rings. The van der Waals surface area contributed by atoms with Gasteiger partial charge in [0.25, 0.3) is 5.91 Å². The first-order valence-corrected chi connectivity index (χ1v) is 7.48. The first kappa shape index (κ1) is 19.2. The van der Waals surface area contributed by atoms with Gasteiger partial charge in [-0.2, -0.15) is 13.2 Å². The topological polar surface area (TPSA) is 63.1 Å². The van der Waals surface area contributed by atoms with Crippen LogP contribution >= 0.6 is 12.4 Å². The molecule has 136 valence electrons. The summed E-state index contributed by atoms with van der Waals surface area (Å²) in [4.78, 5) is 14.1. The first-order valence-electron chi connectivity index (χ1n) is 7.48. The molecule has 2 aromatic rings. The van der Waals surface area contributed by atoms with E-state index in [0.717, 1.165) is 10.7 Å². The van der Waals surface area contributed by atoms with Crippen LogP contribution in [0, 0.1) is 0 Å². The molecule has 1 saturated heterocycles. The lowest BCUT2D eigenvalue weighted by Crippen LogP contribution is -2.52. The third kappa shape index (κ3) is 3.93. The number of rotatable bonds is 2. The van der Waals surface area contributed by atoms with Crippen LogP contribution in [0.25, 0.3) is 5.69 Å². The van der Waals surface area contributed by atoms with E-state index in [4.69, 9.17) is 0 Å². The number of carbonyl (C=O) groups excluding carboxylic acids is 1. The van der Waals surface area contributed by atoms with Crippen LogP contribution in [0.15, 0.2) is 30.5 Å². The number of para-hydroxylation sites is 1. The van der Waals surface area contributed by atoms with Crippen molar-refractivity contribution < 1.29 is 18.0 Å². The lowest BCUT2D eigenvalue weighted by Gasteiger charge is -2.33. The Morgan fingerprint density at radius 2 is 2.04 bits per heavy atom. The predicted molar refractivity (Wildman–Crippen MR) is 87.0 cm³/mol. The second-order valence-electron chi connectivity index (χ2n) is 5.61. The number of hydrogen-bond donors (Lipinski definition) is 1. The molecule has 0 saturated carbocycles. The Labute approximate surface area is 148 Å². The minimum Gasteiger partial charge on any atom is -0.332 e. The third-order valence-corrected chi connectivity index (χ3v) is 3.93. The summed E-state index contributed by atoms with van der Waals surface area (Å²) in [5, 5.41) is 10.6. The molecule has 25 heavy (non-hydrogen) atoms. The van der Waals surface area contributed by atoms with Gasteiger partial charge in [0.15, 0.2) is 5.69 Å². The summed E-state index contributed by atoms with van der Waals surface area (Å²) in [6, 6.07) is 5.03. The average molecular weight is 376 g/mol. The number of carbonyl (C=O) groups is 1. The van der Waals surface area contributed by atoms with Crippen LogP contribution in [0.1, 0.15) is 23.0 Å². The Morgan fingerprint density at radius 3 is 2.72 bits per heavy atom. The number of hydrogen-bond acceptors (Lipinski definition) is 4. The molecule has 0 spiro atoms. The van der Waals surface area contributed by atoms with Gasteiger partial charge in [-0.15, -0.1) is 17.5 Å². The molecule has 2 heterocycles. The number of aromatic nitrogens is 3. The highest BCUT2D eigenvalue weighted by Crippen LogP contribution is 2.33. The Bertz CT molecular complexity index is 749. The quantitative estimate of drug-likeness (QED) is 0.873. The fraction of sp³-hybridized carbons (Fsp3) is 0.400. The van der Waals surface area contributed by atoms with E-state index in [1.807, 2.05) is 6.92 Å². The molecular formula is C15H17ClF3N5O. The number of nitrogens with one attached hydrogen (secondary N) is 1. The molecule has 1 aromatic carbocycles. The largest absolute Gasteiger partial charge is 0.418 e. The highest BCUT2D eigenvalue weighted by atomic mass is 35.5. The predicted octanol–water partition coefficient (Wildman–Crippen LogP) is 2.14. The van der Waals surface area contributed by atoms with Gasteiger partial charge < -0.3 is 10.2 Å². The van der Waals surface area contributed by atoms with Gasteiger partial charge in [-0.25, -0.2) is 4.68 Å². The number of halogens is 4. The average Bonchev–Trinajstić information content (AvgIpc) is 3.04. The maximum absolute atomic E-state index is 13.1. The van der Waals surface area contributed by atoms with Crippen molar-refractivity contribution in [3.05, 3.63) is 41.7 Å². The van der Waals surface area contributed by atoms with Crippen molar-refractivity contribution in [2.75, 3.05) is 19.6 Å². The summed E-state index contributed by atoms with van der Waals surface area (Å²) >= 11 is 0. The van der Waals surface area contributed by atoms with E-state index in [-0.39, 0.29) is 35.7 Å². The fourth-order valence-electron chi connectivity index (χ4n) is 2.68. The Kier molecular flexibility index (Phi) is 5.69. The van der Waals surface area contributed by atoms with Gasteiger partial charge in [0.05, 0.1) is 17.4 Å². The lowest BCUT2D eigenvalue weighted by atomic mass is 10.1. The highest BCUT2D eigenvalue weighted by molar-refractivity contribution is 5.92. The minimum absolute atomic E-state index is 0. The smallest absolute Gasteiger partial charge is 0.332 e. The van der Waals surface area contributed by atoms with E-state index in [1.54, 1.807) is 4.90 Å². The van der Waals surface area contributed by atoms with Gasteiger partial charge in [0.1, 0.15) is 0 Å². The summed E-state index contributed by atoms with van der Waals surface area (Å²) in [7, 11) is 0. The molecule has 0 radical (unpaired) electrons. The number of benzene rings is 1. The van der Waals surface area contributed by atoms with Crippen LogP contribution in [0.2, 0.25) is 0 Å². The van der Waals surface area contributed by atoms with E-state index in [2.05, 4.69) is 15.6 Å². The van der Waals surface area contributed by atoms with Gasteiger partial charge >= 0.3 is 6.18 Å². The van der Waals surface area contributed by atoms with E-state index in [1.165, 1.54) is 24.4 Å². The van der Waals surface area contributed by atoms with Crippen LogP contribution in [0.4, 0.5) is 13.2 Å². The lowest BCUT2D eigenvalue weighted by molar-refractivity contribution is -0.137. The van der Waals surface area contributed by atoms with Crippen molar-refractivity contribution >= 4 is 18.3 Å². The molecule has 1 N–H and O–H groups in total. The van der Waals surface area contributed by atoms with Crippen LogP contribution in [0.3, 0.4) is 0 Å². The van der Waals surface area contributed by atoms with Crippen molar-refractivity contribution in [3.8, 4) is 5.69 Å². The summed E-state index contributed by atoms with van der Waals surface area (Å²) in [5.41, 5.74) is -0.963. The van der Waals surface area contributed by atoms with Gasteiger partial charge in [0.2, 0.25) is 0 Å². The zero-order chi connectivity index (χ0) is 17.3. The molecule has 6 nitrogen and oxygen atoms in total. The number of amides is 1. The first-order chi connectivity index (χ1) is 11.4. The zero-order valence-electron chi connectivity index (χ0n) is 13.3. The Balaban J connectivity index is 0.00000225. The molecule has 1 aliphatic heterocycles. The molecule has 10 heteroatoms. The molecule has 3 rings (SSSR count). The van der Waals surface area contributed by atoms with Crippen molar-refractivity contribution in [1.82, 2.24) is 25.2 Å². The van der Waals surface area contributed by atoms with Crippen LogP contribution in [-0.2, 0) is 6.18 Å². The minimum atomic E-state index is -4.51. The molecule has 0 aliphatic carbocycles. The fourth-order valence-corrected chi connectivity index (χ4v) is 2.68. The van der Waals surface area contributed by atoms with E-state index in [9.17, 15) is 18.0 Å². The summed E-state index contributed by atoms with van der Waals surface area (Å²) in [6.07, 6.45) is -3.28. The number of nitrogens with zero attached hydrogens (tertiary/aromatic N) is 4. The van der Waals surface area contributed by atoms with E-state index >= 15 is 0 Å². The summed E-state index contributed by atoms with van der Waals surface area (Å²) in [6.45, 7) is 3.75. The highest BCUT2D eigenvalue weighted by Gasteiger charge is 2.34. The summed E-state index contributed by atoms with van der Waals surface area (Å²) < 4.78 is 40.3. The standard InChI is InChI=1S/C15H16F3N5O.ClH/c1-10-8-19-6-7-22(10)14(24)12-9-23(21-20-12)13-5-3-2-4-11(13)15(16,17)18;/h2-5,9-10,19H,6-8H2,1H3;1H/t10-;/m0./s1. The molecule has 0 bridgehead atoms. The van der Waals surface area contributed by atoms with Crippen molar-refractivity contribution in [2.45, 2.75) is 19.1 Å². The second kappa shape index (κ2) is 7.40. The van der Waals surface area contributed by atoms with Crippen LogP contribution in [-0.4, -0.2) is 51.5 Å². The van der Waals surface area contributed by atoms with Crippen LogP contribution < -0.4 is 5.32 Å². The van der Waals surface area contributed by atoms with Crippen molar-refractivity contribution in [1.29, 1.82) is 0 Å². The molecule has 1 atom stereocenters. The monoisotopic (exact) mass is 375 g/mol. The molecular weight excluding hydrogens is 359 g/mol. The second-order valence-corrected chi connectivity index (χ2v) is 5.61. The SMILES string of the molecule is C[C@H]1CNCCN1C(=O)c1cn(-c2ccccc2C(F)(F)F)nn1.Cl. The van der Waals surface area contributed by atoms with Crippen molar-refractivity contribution in [3.63, 3.8) is 0 Å². The molecule has 1 amide bonds. The van der Waals surface area contributed by atoms with Crippen molar-refractivity contribution in [2.24, 2.45) is 0 Å².